The van der Waals surface area contributed by atoms with Crippen molar-refractivity contribution in [3.05, 3.63) is 47.5 Å². The molecule has 0 radical (unpaired) electrons. The highest BCUT2D eigenvalue weighted by Crippen LogP contribution is 2.76. The highest BCUT2D eigenvalue weighted by molar-refractivity contribution is 5.79. The Hall–Kier alpha value is -3.69. The van der Waals surface area contributed by atoms with Gasteiger partial charge in [0.2, 0.25) is 0 Å². The van der Waals surface area contributed by atoms with Gasteiger partial charge in [0.05, 0.1) is 31.1 Å². The van der Waals surface area contributed by atoms with Gasteiger partial charge >= 0.3 is 29.8 Å². The van der Waals surface area contributed by atoms with E-state index in [2.05, 4.69) is 54.5 Å². The van der Waals surface area contributed by atoms with Crippen LogP contribution in [0.1, 0.15) is 138 Å². The quantitative estimate of drug-likeness (QED) is 0.127. The van der Waals surface area contributed by atoms with Crippen LogP contribution >= 0.6 is 0 Å². The number of carboxylic acid groups (broad SMARTS) is 2. The first-order valence-electron chi connectivity index (χ1n) is 20.4. The molecule has 302 valence electrons. The summed E-state index contributed by atoms with van der Waals surface area (Å²) in [5.41, 5.74) is 0.561. The standard InChI is InChI=1S/C45H62O10/c1-40(2)21-23-45(39(52)53-27-28-11-9-8-10-12-28)24-22-43(6)29(30(45)25-40)13-14-33-42(5)26-31(54-36(50)17-15-34(46)47)38(55-37(51)18-16-35(48)49)41(3,4)32(42)19-20-44(33,43)7/h8-13,30-33,38H,14-27H2,1-7H3,(H,46,47)(H,48,49)/t30-,31+,32-,33+,38-,42-,43+,44+,45-/m0/s1. The summed E-state index contributed by atoms with van der Waals surface area (Å²) in [6, 6.07) is 9.88. The van der Waals surface area contributed by atoms with Crippen LogP contribution in [-0.2, 0) is 44.8 Å². The molecule has 4 fully saturated rings. The van der Waals surface area contributed by atoms with Crippen LogP contribution in [0.2, 0.25) is 0 Å². The zero-order valence-corrected chi connectivity index (χ0v) is 33.9. The van der Waals surface area contributed by atoms with E-state index >= 15 is 0 Å². The summed E-state index contributed by atoms with van der Waals surface area (Å²) in [4.78, 5) is 63.2. The minimum atomic E-state index is -1.10. The number of allylic oxidation sites excluding steroid dienone is 2. The highest BCUT2D eigenvalue weighted by atomic mass is 16.6. The molecule has 5 aliphatic rings. The second-order valence-electron chi connectivity index (χ2n) is 19.7. The largest absolute Gasteiger partial charge is 0.481 e. The summed E-state index contributed by atoms with van der Waals surface area (Å²) in [6.07, 6.45) is 6.85. The average molecular weight is 763 g/mol. The maximum atomic E-state index is 14.4. The lowest BCUT2D eigenvalue weighted by Gasteiger charge is -2.71. The smallest absolute Gasteiger partial charge is 0.313 e. The van der Waals surface area contributed by atoms with Crippen molar-refractivity contribution in [1.82, 2.24) is 0 Å². The van der Waals surface area contributed by atoms with Gasteiger partial charge in [-0.25, -0.2) is 0 Å². The Labute approximate surface area is 326 Å². The summed E-state index contributed by atoms with van der Waals surface area (Å²) in [7, 11) is 0. The van der Waals surface area contributed by atoms with Crippen molar-refractivity contribution in [3.63, 3.8) is 0 Å². The predicted molar refractivity (Wildman–Crippen MR) is 204 cm³/mol. The number of fused-ring (bicyclic) bond motifs is 7. The molecule has 5 aliphatic carbocycles. The van der Waals surface area contributed by atoms with Crippen molar-refractivity contribution in [3.8, 4) is 0 Å². The number of esters is 3. The van der Waals surface area contributed by atoms with E-state index in [1.54, 1.807) is 0 Å². The second-order valence-corrected chi connectivity index (χ2v) is 19.7. The Bertz CT molecular complexity index is 1710. The molecular formula is C45H62O10. The average Bonchev–Trinajstić information content (AvgIpc) is 3.10. The van der Waals surface area contributed by atoms with Crippen LogP contribution in [0, 0.1) is 50.2 Å². The number of carboxylic acids is 2. The normalized spacial score (nSPS) is 37.0. The lowest BCUT2D eigenvalue weighted by atomic mass is 9.33. The zero-order valence-electron chi connectivity index (χ0n) is 33.9. The van der Waals surface area contributed by atoms with Gasteiger partial charge in [-0.05, 0) is 103 Å². The maximum absolute atomic E-state index is 14.4. The van der Waals surface area contributed by atoms with Crippen LogP contribution in [0.25, 0.3) is 0 Å². The molecule has 10 heteroatoms. The minimum Gasteiger partial charge on any atom is -0.481 e. The van der Waals surface area contributed by atoms with Gasteiger partial charge in [0, 0.05) is 5.41 Å². The van der Waals surface area contributed by atoms with Crippen LogP contribution in [0.5, 0.6) is 0 Å². The lowest BCUT2D eigenvalue weighted by Crippen LogP contribution is -2.67. The van der Waals surface area contributed by atoms with Gasteiger partial charge in [0.15, 0.2) is 0 Å². The summed E-state index contributed by atoms with van der Waals surface area (Å²) in [6.45, 7) is 16.2. The molecular weight excluding hydrogens is 700 g/mol. The molecule has 0 unspecified atom stereocenters. The van der Waals surface area contributed by atoms with Gasteiger partial charge in [-0.2, -0.15) is 0 Å². The Balaban J connectivity index is 1.34. The fourth-order valence-corrected chi connectivity index (χ4v) is 12.7. The molecule has 0 amide bonds. The van der Waals surface area contributed by atoms with E-state index in [9.17, 15) is 34.2 Å². The van der Waals surface area contributed by atoms with E-state index in [0.717, 1.165) is 56.9 Å². The maximum Gasteiger partial charge on any atom is 0.313 e. The van der Waals surface area contributed by atoms with Gasteiger partial charge in [0.1, 0.15) is 18.8 Å². The third-order valence-electron chi connectivity index (χ3n) is 15.8. The topological polar surface area (TPSA) is 154 Å². The number of hydrogen-bond donors (Lipinski definition) is 2. The van der Waals surface area contributed by atoms with Crippen molar-refractivity contribution in [2.24, 2.45) is 50.2 Å². The Morgan fingerprint density at radius 3 is 1.98 bits per heavy atom. The number of carbonyl (C=O) groups is 5. The Morgan fingerprint density at radius 1 is 0.727 bits per heavy atom. The van der Waals surface area contributed by atoms with Crippen molar-refractivity contribution in [2.45, 2.75) is 151 Å². The van der Waals surface area contributed by atoms with Crippen LogP contribution in [0.15, 0.2) is 42.0 Å². The van der Waals surface area contributed by atoms with E-state index in [0.29, 0.717) is 6.42 Å². The van der Waals surface area contributed by atoms with E-state index in [4.69, 9.17) is 14.2 Å². The van der Waals surface area contributed by atoms with Crippen molar-refractivity contribution >= 4 is 29.8 Å². The highest BCUT2D eigenvalue weighted by Gasteiger charge is 2.71. The van der Waals surface area contributed by atoms with Gasteiger partial charge in [-0.1, -0.05) is 90.4 Å². The number of carbonyl (C=O) groups excluding carboxylic acids is 3. The third-order valence-corrected chi connectivity index (χ3v) is 15.8. The van der Waals surface area contributed by atoms with Crippen molar-refractivity contribution < 1.29 is 48.4 Å². The monoisotopic (exact) mass is 762 g/mol. The van der Waals surface area contributed by atoms with E-state index in [1.807, 2.05) is 30.3 Å². The third kappa shape index (κ3) is 7.24. The van der Waals surface area contributed by atoms with Gasteiger partial charge in [-0.3, -0.25) is 24.0 Å². The van der Waals surface area contributed by atoms with Crippen LogP contribution < -0.4 is 0 Å². The SMILES string of the molecule is CC1(C)CC[C@]2(C(=O)OCc3ccccc3)CC[C@]3(C)C(=CC[C@@H]4[C@@]5(C)C[C@@H](OC(=O)CCC(=O)O)[C@H](OC(=O)CCC(=O)O)C(C)(C)[C@@H]5CC[C@]43C)[C@@H]2C1. The molecule has 0 heterocycles. The van der Waals surface area contributed by atoms with E-state index < -0.39 is 46.9 Å². The Kier molecular flexibility index (Phi) is 10.9. The minimum absolute atomic E-state index is 0.0712. The molecule has 6 rings (SSSR count). The zero-order chi connectivity index (χ0) is 40.2. The number of ether oxygens (including phenoxy) is 3. The molecule has 0 spiro atoms. The molecule has 1 aromatic rings. The van der Waals surface area contributed by atoms with Crippen molar-refractivity contribution in [2.75, 3.05) is 0 Å². The summed E-state index contributed by atoms with van der Waals surface area (Å²) < 4.78 is 18.3. The van der Waals surface area contributed by atoms with Crippen molar-refractivity contribution in [1.29, 1.82) is 0 Å². The van der Waals surface area contributed by atoms with E-state index in [-0.39, 0.29) is 77.7 Å². The summed E-state index contributed by atoms with van der Waals surface area (Å²) in [5, 5.41) is 18.5. The molecule has 0 bridgehead atoms. The molecule has 9 atom stereocenters. The van der Waals surface area contributed by atoms with Crippen LogP contribution in [-0.4, -0.2) is 52.3 Å². The van der Waals surface area contributed by atoms with Gasteiger partial charge in [0.25, 0.3) is 0 Å². The molecule has 55 heavy (non-hydrogen) atoms. The molecule has 0 aliphatic heterocycles. The second kappa shape index (κ2) is 14.7. The molecule has 0 aromatic heterocycles. The number of benzene rings is 1. The predicted octanol–water partition coefficient (Wildman–Crippen LogP) is 8.69. The fraction of sp³-hybridized carbons (Fsp3) is 0.711. The first kappa shape index (κ1) is 41.0. The first-order valence-corrected chi connectivity index (χ1v) is 20.4. The first-order chi connectivity index (χ1) is 25.7. The molecule has 0 saturated heterocycles. The van der Waals surface area contributed by atoms with Gasteiger partial charge in [-0.15, -0.1) is 0 Å². The number of hydrogen-bond acceptors (Lipinski definition) is 8. The fourth-order valence-electron chi connectivity index (χ4n) is 12.7. The molecule has 1 aromatic carbocycles. The summed E-state index contributed by atoms with van der Waals surface area (Å²) in [5.74, 6) is -3.25. The van der Waals surface area contributed by atoms with Crippen LogP contribution in [0.4, 0.5) is 0 Å². The van der Waals surface area contributed by atoms with Crippen LogP contribution in [0.3, 0.4) is 0 Å². The van der Waals surface area contributed by atoms with E-state index in [1.165, 1.54) is 5.57 Å². The molecule has 2 N–H and O–H groups in total. The molecule has 10 nitrogen and oxygen atoms in total. The number of aliphatic carboxylic acids is 2. The van der Waals surface area contributed by atoms with Gasteiger partial charge < -0.3 is 24.4 Å². The summed E-state index contributed by atoms with van der Waals surface area (Å²) >= 11 is 0. The Morgan fingerprint density at radius 2 is 1.35 bits per heavy atom. The molecule has 4 saturated carbocycles. The lowest BCUT2D eigenvalue weighted by molar-refractivity contribution is -0.245. The number of rotatable bonds is 11.